The highest BCUT2D eigenvalue weighted by atomic mass is 19.4. The molecule has 0 saturated heterocycles. The van der Waals surface area contributed by atoms with Gasteiger partial charge < -0.3 is 9.47 Å². The van der Waals surface area contributed by atoms with E-state index in [-0.39, 0.29) is 12.1 Å². The van der Waals surface area contributed by atoms with E-state index >= 15 is 0 Å². The van der Waals surface area contributed by atoms with Gasteiger partial charge in [0.2, 0.25) is 0 Å². The van der Waals surface area contributed by atoms with Gasteiger partial charge in [-0.3, -0.25) is 4.90 Å². The van der Waals surface area contributed by atoms with Gasteiger partial charge in [-0.15, -0.1) is 0 Å². The molecule has 0 saturated carbocycles. The Bertz CT molecular complexity index is 875. The lowest BCUT2D eigenvalue weighted by molar-refractivity contribution is -0.137. The molecule has 0 aromatic heterocycles. The Balaban J connectivity index is 1.48. The lowest BCUT2D eigenvalue weighted by Gasteiger charge is -2.31. The fourth-order valence-electron chi connectivity index (χ4n) is 3.94. The molecule has 1 aliphatic heterocycles. The molecule has 174 valence electrons. The number of hydrogen-bond donors (Lipinski definition) is 0. The summed E-state index contributed by atoms with van der Waals surface area (Å²) in [5.74, 6) is 0.850. The standard InChI is InChI=1S/C26H32F3NO2/c1-4-31-20(3)17-21-5-11-25(12-6-21)32-18-19(2)30-15-13-23(14-16-30)22-7-9-24(10-8-22)26(27,28)29/h5-13,19-20H,4,14-18H2,1-3H3. The summed E-state index contributed by atoms with van der Waals surface area (Å²) in [4.78, 5) is 2.33. The molecule has 2 unspecified atom stereocenters. The minimum atomic E-state index is -4.30. The zero-order valence-electron chi connectivity index (χ0n) is 19.0. The molecule has 0 radical (unpaired) electrons. The molecule has 2 aromatic carbocycles. The largest absolute Gasteiger partial charge is 0.492 e. The second-order valence-electron chi connectivity index (χ2n) is 8.32. The molecule has 0 N–H and O–H groups in total. The van der Waals surface area contributed by atoms with E-state index in [1.807, 2.05) is 19.1 Å². The maximum Gasteiger partial charge on any atom is 0.416 e. The number of benzene rings is 2. The molecule has 2 atom stereocenters. The van der Waals surface area contributed by atoms with Crippen molar-refractivity contribution < 1.29 is 22.6 Å². The normalized spacial score (nSPS) is 17.0. The van der Waals surface area contributed by atoms with Gasteiger partial charge >= 0.3 is 6.18 Å². The molecule has 6 heteroatoms. The second kappa shape index (κ2) is 11.0. The smallest absolute Gasteiger partial charge is 0.416 e. The molecular weight excluding hydrogens is 415 g/mol. The molecule has 0 spiro atoms. The van der Waals surface area contributed by atoms with Gasteiger partial charge in [0.15, 0.2) is 0 Å². The Labute approximate surface area is 188 Å². The first-order chi connectivity index (χ1) is 15.3. The van der Waals surface area contributed by atoms with Gasteiger partial charge in [-0.05, 0) is 74.6 Å². The topological polar surface area (TPSA) is 21.7 Å². The van der Waals surface area contributed by atoms with E-state index in [9.17, 15) is 13.2 Å². The van der Waals surface area contributed by atoms with Crippen LogP contribution in [0, 0.1) is 0 Å². The average molecular weight is 448 g/mol. The van der Waals surface area contributed by atoms with Crippen LogP contribution < -0.4 is 4.74 Å². The predicted octanol–water partition coefficient (Wildman–Crippen LogP) is 6.23. The van der Waals surface area contributed by atoms with Gasteiger partial charge in [0.05, 0.1) is 11.7 Å². The lowest BCUT2D eigenvalue weighted by Crippen LogP contribution is -2.40. The van der Waals surface area contributed by atoms with E-state index < -0.39 is 11.7 Å². The Morgan fingerprint density at radius 3 is 2.25 bits per heavy atom. The van der Waals surface area contributed by atoms with Crippen molar-refractivity contribution in [1.29, 1.82) is 0 Å². The van der Waals surface area contributed by atoms with Crippen molar-refractivity contribution in [3.63, 3.8) is 0 Å². The third-order valence-electron chi connectivity index (χ3n) is 5.84. The molecule has 0 aliphatic carbocycles. The summed E-state index contributed by atoms with van der Waals surface area (Å²) in [7, 11) is 0. The number of ether oxygens (including phenoxy) is 2. The van der Waals surface area contributed by atoms with Crippen LogP contribution in [-0.4, -0.2) is 43.3 Å². The Hall–Kier alpha value is -2.31. The van der Waals surface area contributed by atoms with Gasteiger partial charge in [0.1, 0.15) is 12.4 Å². The van der Waals surface area contributed by atoms with Crippen molar-refractivity contribution in [3.05, 3.63) is 71.3 Å². The van der Waals surface area contributed by atoms with Crippen LogP contribution in [-0.2, 0) is 17.3 Å². The molecule has 32 heavy (non-hydrogen) atoms. The summed E-state index contributed by atoms with van der Waals surface area (Å²) < 4.78 is 49.8. The van der Waals surface area contributed by atoms with Crippen molar-refractivity contribution >= 4 is 5.57 Å². The molecule has 0 fully saturated rings. The van der Waals surface area contributed by atoms with Crippen LogP contribution in [0.4, 0.5) is 13.2 Å². The van der Waals surface area contributed by atoms with Gasteiger partial charge in [-0.1, -0.05) is 30.3 Å². The summed E-state index contributed by atoms with van der Waals surface area (Å²) in [6.45, 7) is 9.12. The Morgan fingerprint density at radius 1 is 1.00 bits per heavy atom. The van der Waals surface area contributed by atoms with Crippen LogP contribution in [0.2, 0.25) is 0 Å². The highest BCUT2D eigenvalue weighted by molar-refractivity contribution is 5.66. The first-order valence-electron chi connectivity index (χ1n) is 11.2. The fourth-order valence-corrected chi connectivity index (χ4v) is 3.94. The van der Waals surface area contributed by atoms with E-state index in [1.165, 1.54) is 5.56 Å². The predicted molar refractivity (Wildman–Crippen MR) is 122 cm³/mol. The molecule has 0 amide bonds. The summed E-state index contributed by atoms with van der Waals surface area (Å²) in [5, 5.41) is 0. The van der Waals surface area contributed by atoms with E-state index in [0.29, 0.717) is 6.61 Å². The maximum absolute atomic E-state index is 12.8. The molecular formula is C26H32F3NO2. The maximum atomic E-state index is 12.8. The van der Waals surface area contributed by atoms with Crippen molar-refractivity contribution in [2.24, 2.45) is 0 Å². The van der Waals surface area contributed by atoms with Crippen LogP contribution in [0.1, 0.15) is 43.9 Å². The molecule has 1 aliphatic rings. The average Bonchev–Trinajstić information content (AvgIpc) is 2.78. The van der Waals surface area contributed by atoms with Crippen molar-refractivity contribution in [3.8, 4) is 5.75 Å². The number of alkyl halides is 3. The van der Waals surface area contributed by atoms with Gasteiger partial charge in [-0.2, -0.15) is 13.2 Å². The number of halogens is 3. The zero-order valence-corrected chi connectivity index (χ0v) is 19.0. The minimum Gasteiger partial charge on any atom is -0.492 e. The van der Waals surface area contributed by atoms with E-state index in [1.54, 1.807) is 12.1 Å². The Kier molecular flexibility index (Phi) is 8.38. The molecule has 3 nitrogen and oxygen atoms in total. The van der Waals surface area contributed by atoms with Crippen LogP contribution in [0.25, 0.3) is 5.57 Å². The van der Waals surface area contributed by atoms with Crippen LogP contribution in [0.15, 0.2) is 54.6 Å². The van der Waals surface area contributed by atoms with Gasteiger partial charge in [0, 0.05) is 25.7 Å². The summed E-state index contributed by atoms with van der Waals surface area (Å²) in [6.07, 6.45) is -0.300. The zero-order chi connectivity index (χ0) is 23.1. The summed E-state index contributed by atoms with van der Waals surface area (Å²) in [6, 6.07) is 13.8. The minimum absolute atomic E-state index is 0.200. The third kappa shape index (κ3) is 6.84. The summed E-state index contributed by atoms with van der Waals surface area (Å²) in [5.41, 5.74) is 2.57. The number of rotatable bonds is 9. The first-order valence-corrected chi connectivity index (χ1v) is 11.2. The Morgan fingerprint density at radius 2 is 1.69 bits per heavy atom. The monoisotopic (exact) mass is 447 g/mol. The first kappa shape index (κ1) is 24.3. The quantitative estimate of drug-likeness (QED) is 0.455. The van der Waals surface area contributed by atoms with E-state index in [2.05, 4.69) is 37.0 Å². The van der Waals surface area contributed by atoms with Gasteiger partial charge in [-0.25, -0.2) is 0 Å². The highest BCUT2D eigenvalue weighted by Gasteiger charge is 2.30. The fraction of sp³-hybridized carbons (Fsp3) is 0.462. The van der Waals surface area contributed by atoms with E-state index in [0.717, 1.165) is 61.6 Å². The number of hydrogen-bond acceptors (Lipinski definition) is 3. The molecule has 1 heterocycles. The molecule has 0 bridgehead atoms. The van der Waals surface area contributed by atoms with Crippen LogP contribution >= 0.6 is 0 Å². The van der Waals surface area contributed by atoms with Crippen LogP contribution in [0.5, 0.6) is 5.75 Å². The molecule has 2 aromatic rings. The van der Waals surface area contributed by atoms with Crippen molar-refractivity contribution in [2.45, 2.75) is 51.9 Å². The van der Waals surface area contributed by atoms with Gasteiger partial charge in [0.25, 0.3) is 0 Å². The summed E-state index contributed by atoms with van der Waals surface area (Å²) >= 11 is 0. The SMILES string of the molecule is CCOC(C)Cc1ccc(OCC(C)N2CC=C(c3ccc(C(F)(F)F)cc3)CC2)cc1. The second-order valence-corrected chi connectivity index (χ2v) is 8.32. The van der Waals surface area contributed by atoms with Crippen molar-refractivity contribution in [1.82, 2.24) is 4.90 Å². The van der Waals surface area contributed by atoms with Crippen LogP contribution in [0.3, 0.4) is 0 Å². The highest BCUT2D eigenvalue weighted by Crippen LogP contribution is 2.31. The third-order valence-corrected chi connectivity index (χ3v) is 5.84. The van der Waals surface area contributed by atoms with Crippen molar-refractivity contribution in [2.75, 3.05) is 26.3 Å². The van der Waals surface area contributed by atoms with E-state index in [4.69, 9.17) is 9.47 Å². The number of nitrogens with zero attached hydrogens (tertiary/aromatic N) is 1. The molecule has 3 rings (SSSR count). The lowest BCUT2D eigenvalue weighted by atomic mass is 9.97.